The van der Waals surface area contributed by atoms with Crippen LogP contribution < -0.4 is 10.9 Å². The fraction of sp³-hybridized carbons (Fsp3) is 0.600. The third-order valence-corrected chi connectivity index (χ3v) is 5.53. The summed E-state index contributed by atoms with van der Waals surface area (Å²) in [5, 5.41) is 7.95. The molecule has 2 aliphatic rings. The van der Waals surface area contributed by atoms with Crippen molar-refractivity contribution in [3.05, 3.63) is 45.6 Å². The fourth-order valence-corrected chi connectivity index (χ4v) is 3.91. The monoisotopic (exact) mass is 384 g/mol. The molecule has 1 saturated heterocycles. The number of nitrogens with zero attached hydrogens (tertiary/aromatic N) is 5. The van der Waals surface area contributed by atoms with E-state index in [1.54, 1.807) is 10.7 Å². The molecule has 4 heterocycles. The Morgan fingerprint density at radius 1 is 1.25 bits per heavy atom. The van der Waals surface area contributed by atoms with Crippen LogP contribution in [-0.2, 0) is 24.3 Å². The van der Waals surface area contributed by atoms with Gasteiger partial charge in [0.15, 0.2) is 0 Å². The molecule has 0 amide bonds. The zero-order valence-corrected chi connectivity index (χ0v) is 16.4. The molecule has 2 aromatic heterocycles. The highest BCUT2D eigenvalue weighted by Gasteiger charge is 2.23. The number of fused-ring (bicyclic) bond motifs is 1. The number of hydrogen-bond acceptors (Lipinski definition) is 7. The zero-order valence-electron chi connectivity index (χ0n) is 16.4. The lowest BCUT2D eigenvalue weighted by Crippen LogP contribution is -2.46. The second kappa shape index (κ2) is 8.79. The highest BCUT2D eigenvalue weighted by atomic mass is 16.5. The van der Waals surface area contributed by atoms with Gasteiger partial charge in [-0.3, -0.25) is 9.69 Å². The van der Waals surface area contributed by atoms with E-state index in [-0.39, 0.29) is 5.56 Å². The molecule has 2 aromatic rings. The predicted molar refractivity (Wildman–Crippen MR) is 106 cm³/mol. The fourth-order valence-electron chi connectivity index (χ4n) is 3.91. The molecule has 1 atom stereocenters. The Morgan fingerprint density at radius 3 is 2.96 bits per heavy atom. The molecule has 4 rings (SSSR count). The first kappa shape index (κ1) is 19.0. The van der Waals surface area contributed by atoms with Gasteiger partial charge in [0.25, 0.3) is 5.56 Å². The Morgan fingerprint density at radius 2 is 2.11 bits per heavy atom. The maximum Gasteiger partial charge on any atom is 0.267 e. The molecule has 2 aliphatic heterocycles. The van der Waals surface area contributed by atoms with Crippen LogP contribution in [0.4, 0.5) is 5.95 Å². The Hall–Kier alpha value is -2.32. The Bertz CT molecular complexity index is 851. The minimum atomic E-state index is -0.0380. The van der Waals surface area contributed by atoms with Gasteiger partial charge in [0.05, 0.1) is 25.5 Å². The van der Waals surface area contributed by atoms with Crippen LogP contribution in [0.15, 0.2) is 23.3 Å². The molecule has 8 nitrogen and oxygen atoms in total. The van der Waals surface area contributed by atoms with E-state index in [2.05, 4.69) is 25.3 Å². The van der Waals surface area contributed by atoms with Gasteiger partial charge in [0.1, 0.15) is 0 Å². The SMILES string of the molecule is Cc1cnc(NCC2CCCCN2CCn2nc3c(cc2=O)COCC3)nc1. The van der Waals surface area contributed by atoms with Crippen molar-refractivity contribution in [2.45, 2.75) is 51.8 Å². The van der Waals surface area contributed by atoms with Crippen LogP contribution in [-0.4, -0.2) is 56.9 Å². The summed E-state index contributed by atoms with van der Waals surface area (Å²) in [5.74, 6) is 0.672. The molecule has 0 aliphatic carbocycles. The first-order chi connectivity index (χ1) is 13.7. The summed E-state index contributed by atoms with van der Waals surface area (Å²) in [6.45, 7) is 6.46. The van der Waals surface area contributed by atoms with Crippen LogP contribution in [0, 0.1) is 6.92 Å². The second-order valence-corrected chi connectivity index (χ2v) is 7.63. The molecule has 150 valence electrons. The average molecular weight is 384 g/mol. The summed E-state index contributed by atoms with van der Waals surface area (Å²) in [6.07, 6.45) is 8.00. The van der Waals surface area contributed by atoms with Crippen molar-refractivity contribution in [2.75, 3.05) is 31.6 Å². The van der Waals surface area contributed by atoms with Crippen LogP contribution >= 0.6 is 0 Å². The van der Waals surface area contributed by atoms with Gasteiger partial charge >= 0.3 is 0 Å². The van der Waals surface area contributed by atoms with Crippen molar-refractivity contribution in [3.63, 3.8) is 0 Å². The summed E-state index contributed by atoms with van der Waals surface area (Å²) in [5.41, 5.74) is 2.95. The summed E-state index contributed by atoms with van der Waals surface area (Å²) in [7, 11) is 0. The van der Waals surface area contributed by atoms with Gasteiger partial charge in [0.2, 0.25) is 5.95 Å². The van der Waals surface area contributed by atoms with Crippen LogP contribution in [0.5, 0.6) is 0 Å². The standard InChI is InChI=1S/C20H28N6O2/c1-15-11-21-20(22-12-15)23-13-17-4-2-3-6-25(17)7-8-26-19(27)10-16-14-28-9-5-18(16)24-26/h10-12,17H,2-9,13-14H2,1H3,(H,21,22,23). The zero-order chi connectivity index (χ0) is 19.3. The van der Waals surface area contributed by atoms with Crippen LogP contribution in [0.25, 0.3) is 0 Å². The lowest BCUT2D eigenvalue weighted by atomic mass is 10.0. The molecule has 8 heteroatoms. The van der Waals surface area contributed by atoms with Crippen molar-refractivity contribution in [1.82, 2.24) is 24.6 Å². The third-order valence-electron chi connectivity index (χ3n) is 5.53. The minimum absolute atomic E-state index is 0.0380. The summed E-state index contributed by atoms with van der Waals surface area (Å²) in [4.78, 5) is 23.5. The van der Waals surface area contributed by atoms with E-state index in [1.807, 2.05) is 19.3 Å². The molecule has 0 aromatic carbocycles. The number of aromatic nitrogens is 4. The number of piperidine rings is 1. The van der Waals surface area contributed by atoms with E-state index in [0.717, 1.165) is 49.3 Å². The van der Waals surface area contributed by atoms with Crippen molar-refractivity contribution in [2.24, 2.45) is 0 Å². The van der Waals surface area contributed by atoms with E-state index in [9.17, 15) is 4.79 Å². The molecule has 1 N–H and O–H groups in total. The Labute approximate surface area is 164 Å². The number of hydrogen-bond donors (Lipinski definition) is 1. The third kappa shape index (κ3) is 4.56. The van der Waals surface area contributed by atoms with Crippen LogP contribution in [0.3, 0.4) is 0 Å². The van der Waals surface area contributed by atoms with Crippen LogP contribution in [0.2, 0.25) is 0 Å². The maximum absolute atomic E-state index is 12.4. The maximum atomic E-state index is 12.4. The lowest BCUT2D eigenvalue weighted by Gasteiger charge is -2.35. The van der Waals surface area contributed by atoms with Gasteiger partial charge in [-0.1, -0.05) is 6.42 Å². The highest BCUT2D eigenvalue weighted by Crippen LogP contribution is 2.17. The van der Waals surface area contributed by atoms with E-state index in [0.29, 0.717) is 31.7 Å². The first-order valence-electron chi connectivity index (χ1n) is 10.1. The molecule has 0 saturated carbocycles. The number of nitrogens with one attached hydrogen (secondary N) is 1. The lowest BCUT2D eigenvalue weighted by molar-refractivity contribution is 0.107. The number of anilines is 1. The topological polar surface area (TPSA) is 85.2 Å². The smallest absolute Gasteiger partial charge is 0.267 e. The van der Waals surface area contributed by atoms with Gasteiger partial charge in [-0.05, 0) is 31.9 Å². The molecule has 0 bridgehead atoms. The van der Waals surface area contributed by atoms with Crippen molar-refractivity contribution >= 4 is 5.95 Å². The van der Waals surface area contributed by atoms with Crippen molar-refractivity contribution < 1.29 is 4.74 Å². The minimum Gasteiger partial charge on any atom is -0.376 e. The predicted octanol–water partition coefficient (Wildman–Crippen LogP) is 1.38. The largest absolute Gasteiger partial charge is 0.376 e. The van der Waals surface area contributed by atoms with Gasteiger partial charge in [-0.25, -0.2) is 14.6 Å². The molecule has 1 fully saturated rings. The highest BCUT2D eigenvalue weighted by molar-refractivity contribution is 5.24. The van der Waals surface area contributed by atoms with E-state index >= 15 is 0 Å². The van der Waals surface area contributed by atoms with Crippen molar-refractivity contribution in [1.29, 1.82) is 0 Å². The molecular formula is C20H28N6O2. The van der Waals surface area contributed by atoms with E-state index in [4.69, 9.17) is 4.74 Å². The van der Waals surface area contributed by atoms with E-state index < -0.39 is 0 Å². The number of likely N-dealkylation sites (tertiary alicyclic amines) is 1. The van der Waals surface area contributed by atoms with E-state index in [1.165, 1.54) is 12.8 Å². The number of ether oxygens (including phenoxy) is 1. The first-order valence-corrected chi connectivity index (χ1v) is 10.1. The molecule has 28 heavy (non-hydrogen) atoms. The Balaban J connectivity index is 1.37. The van der Waals surface area contributed by atoms with Gasteiger partial charge in [-0.15, -0.1) is 0 Å². The molecular weight excluding hydrogens is 356 g/mol. The second-order valence-electron chi connectivity index (χ2n) is 7.63. The summed E-state index contributed by atoms with van der Waals surface area (Å²) < 4.78 is 7.03. The summed E-state index contributed by atoms with van der Waals surface area (Å²) in [6, 6.07) is 2.10. The molecule has 0 radical (unpaired) electrons. The van der Waals surface area contributed by atoms with Gasteiger partial charge in [0, 0.05) is 49.6 Å². The van der Waals surface area contributed by atoms with Crippen molar-refractivity contribution in [3.8, 4) is 0 Å². The van der Waals surface area contributed by atoms with Crippen LogP contribution in [0.1, 0.15) is 36.1 Å². The summed E-state index contributed by atoms with van der Waals surface area (Å²) >= 11 is 0. The average Bonchev–Trinajstić information content (AvgIpc) is 2.72. The van der Waals surface area contributed by atoms with Gasteiger partial charge < -0.3 is 10.1 Å². The normalized spacial score (nSPS) is 20.0. The number of aryl methyl sites for hydroxylation is 1. The Kier molecular flexibility index (Phi) is 5.97. The van der Waals surface area contributed by atoms with Gasteiger partial charge in [-0.2, -0.15) is 5.10 Å². The number of rotatable bonds is 6. The quantitative estimate of drug-likeness (QED) is 0.805. The molecule has 0 spiro atoms. The molecule has 1 unspecified atom stereocenters.